The number of fused-ring (bicyclic) bond motifs is 1. The average molecular weight is 357 g/mol. The number of Topliss-reactive ketones (excluding diaryl/α,β-unsaturated/α-hetero) is 1. The first-order valence-corrected chi connectivity index (χ1v) is 7.95. The molecule has 0 aliphatic carbocycles. The normalized spacial score (nSPS) is 14.8. The predicted octanol–water partition coefficient (Wildman–Crippen LogP) is 5.87. The summed E-state index contributed by atoms with van der Waals surface area (Å²) in [6, 6.07) is 15.9. The molecule has 2 heterocycles. The number of ketones is 1. The van der Waals surface area contributed by atoms with E-state index in [0.29, 0.717) is 32.9 Å². The van der Waals surface area contributed by atoms with Crippen LogP contribution < -0.4 is 4.74 Å². The van der Waals surface area contributed by atoms with Gasteiger partial charge in [-0.25, -0.2) is 0 Å². The van der Waals surface area contributed by atoms with Crippen LogP contribution in [0.2, 0.25) is 10.0 Å². The summed E-state index contributed by atoms with van der Waals surface area (Å²) in [5.41, 5.74) is 1.36. The van der Waals surface area contributed by atoms with Gasteiger partial charge in [0.2, 0.25) is 5.78 Å². The van der Waals surface area contributed by atoms with Crippen molar-refractivity contribution in [3.8, 4) is 17.1 Å². The van der Waals surface area contributed by atoms with Crippen LogP contribution in [0.5, 0.6) is 5.75 Å². The van der Waals surface area contributed by atoms with Gasteiger partial charge >= 0.3 is 0 Å². The summed E-state index contributed by atoms with van der Waals surface area (Å²) < 4.78 is 11.3. The molecule has 0 unspecified atom stereocenters. The van der Waals surface area contributed by atoms with Crippen LogP contribution in [0.15, 0.2) is 64.8 Å². The lowest BCUT2D eigenvalue weighted by Gasteiger charge is -1.98. The van der Waals surface area contributed by atoms with Crippen LogP contribution in [0.3, 0.4) is 0 Å². The Balaban J connectivity index is 1.63. The number of hydrogen-bond donors (Lipinski definition) is 0. The molecule has 1 aliphatic heterocycles. The summed E-state index contributed by atoms with van der Waals surface area (Å²) in [4.78, 5) is 12.4. The quantitative estimate of drug-likeness (QED) is 0.539. The molecule has 0 atom stereocenters. The van der Waals surface area contributed by atoms with Gasteiger partial charge in [-0.2, -0.15) is 0 Å². The molecule has 0 radical (unpaired) electrons. The fourth-order valence-electron chi connectivity index (χ4n) is 2.49. The Hall–Kier alpha value is -2.49. The molecule has 0 saturated carbocycles. The van der Waals surface area contributed by atoms with E-state index in [-0.39, 0.29) is 11.5 Å². The maximum Gasteiger partial charge on any atom is 0.232 e. The summed E-state index contributed by atoms with van der Waals surface area (Å²) in [5, 5.41) is 1.16. The summed E-state index contributed by atoms with van der Waals surface area (Å²) in [6.45, 7) is 0. The third kappa shape index (κ3) is 2.73. The zero-order valence-electron chi connectivity index (χ0n) is 12.3. The Labute approximate surface area is 148 Å². The van der Waals surface area contributed by atoms with Gasteiger partial charge in [0.1, 0.15) is 17.3 Å². The van der Waals surface area contributed by atoms with Crippen molar-refractivity contribution in [1.82, 2.24) is 0 Å². The number of allylic oxidation sites excluding steroid dienone is 1. The van der Waals surface area contributed by atoms with E-state index in [2.05, 4.69) is 0 Å². The Bertz CT molecular complexity index is 969. The molecule has 3 aromatic rings. The van der Waals surface area contributed by atoms with Gasteiger partial charge in [0.25, 0.3) is 0 Å². The van der Waals surface area contributed by atoms with E-state index in [1.54, 1.807) is 42.5 Å². The van der Waals surface area contributed by atoms with Crippen molar-refractivity contribution in [3.05, 3.63) is 81.7 Å². The van der Waals surface area contributed by atoms with E-state index < -0.39 is 0 Å². The Morgan fingerprint density at radius 2 is 1.62 bits per heavy atom. The molecule has 2 aromatic carbocycles. The van der Waals surface area contributed by atoms with Gasteiger partial charge < -0.3 is 9.15 Å². The highest BCUT2D eigenvalue weighted by molar-refractivity contribution is 6.31. The molecule has 0 N–H and O–H groups in total. The largest absolute Gasteiger partial charge is 0.457 e. The minimum atomic E-state index is -0.211. The summed E-state index contributed by atoms with van der Waals surface area (Å²) in [7, 11) is 0. The molecule has 0 saturated heterocycles. The Morgan fingerprint density at radius 3 is 2.42 bits per heavy atom. The van der Waals surface area contributed by atoms with Crippen molar-refractivity contribution in [2.75, 3.05) is 0 Å². The second kappa shape index (κ2) is 5.86. The molecule has 118 valence electrons. The number of rotatable bonds is 2. The first-order chi connectivity index (χ1) is 11.6. The Morgan fingerprint density at radius 1 is 0.875 bits per heavy atom. The number of ether oxygens (including phenoxy) is 1. The molecule has 5 heteroatoms. The van der Waals surface area contributed by atoms with Crippen molar-refractivity contribution in [2.24, 2.45) is 0 Å². The van der Waals surface area contributed by atoms with Gasteiger partial charge in [0, 0.05) is 21.7 Å². The van der Waals surface area contributed by atoms with Gasteiger partial charge in [-0.15, -0.1) is 0 Å². The molecule has 24 heavy (non-hydrogen) atoms. The molecule has 4 rings (SSSR count). The number of carbonyl (C=O) groups is 1. The number of hydrogen-bond acceptors (Lipinski definition) is 3. The first-order valence-electron chi connectivity index (χ1n) is 7.20. The highest BCUT2D eigenvalue weighted by Gasteiger charge is 2.27. The summed E-state index contributed by atoms with van der Waals surface area (Å²) >= 11 is 11.8. The van der Waals surface area contributed by atoms with Crippen LogP contribution in [0.4, 0.5) is 0 Å². The zero-order chi connectivity index (χ0) is 16.7. The highest BCUT2D eigenvalue weighted by atomic mass is 35.5. The lowest BCUT2D eigenvalue weighted by Crippen LogP contribution is -1.97. The minimum Gasteiger partial charge on any atom is -0.457 e. The van der Waals surface area contributed by atoms with E-state index in [1.165, 1.54) is 0 Å². The molecule has 0 fully saturated rings. The minimum absolute atomic E-state index is 0.211. The molecule has 1 aromatic heterocycles. The molecular weight excluding hydrogens is 347 g/mol. The predicted molar refractivity (Wildman–Crippen MR) is 93.5 cm³/mol. The number of halogens is 2. The summed E-state index contributed by atoms with van der Waals surface area (Å²) in [6.07, 6.45) is 1.58. The topological polar surface area (TPSA) is 39.4 Å². The van der Waals surface area contributed by atoms with Crippen molar-refractivity contribution in [2.45, 2.75) is 0 Å². The van der Waals surface area contributed by atoms with E-state index in [9.17, 15) is 4.79 Å². The van der Waals surface area contributed by atoms with Gasteiger partial charge in [0.15, 0.2) is 5.76 Å². The summed E-state index contributed by atoms with van der Waals surface area (Å²) in [5.74, 6) is 1.72. The van der Waals surface area contributed by atoms with Gasteiger partial charge in [0.05, 0.1) is 5.56 Å². The number of benzene rings is 2. The second-order valence-electron chi connectivity index (χ2n) is 5.29. The van der Waals surface area contributed by atoms with Crippen LogP contribution >= 0.6 is 23.2 Å². The monoisotopic (exact) mass is 356 g/mol. The van der Waals surface area contributed by atoms with E-state index in [1.807, 2.05) is 18.2 Å². The zero-order valence-corrected chi connectivity index (χ0v) is 13.8. The standard InChI is InChI=1S/C19H10Cl2O3/c20-12-3-1-11(2-4-12)16-8-6-14(23-16)10-18-19(22)15-9-13(21)5-7-17(15)24-18/h1-10H/b18-10-. The van der Waals surface area contributed by atoms with Crippen LogP contribution in [-0.2, 0) is 0 Å². The molecule has 3 nitrogen and oxygen atoms in total. The number of furan rings is 1. The van der Waals surface area contributed by atoms with Crippen LogP contribution in [-0.4, -0.2) is 5.78 Å². The van der Waals surface area contributed by atoms with Crippen LogP contribution in [0.1, 0.15) is 16.1 Å². The average Bonchev–Trinajstić information content (AvgIpc) is 3.15. The fourth-order valence-corrected chi connectivity index (χ4v) is 2.79. The van der Waals surface area contributed by atoms with Gasteiger partial charge in [-0.3, -0.25) is 4.79 Å². The SMILES string of the molecule is O=C1/C(=C/c2ccc(-c3ccc(Cl)cc3)o2)Oc2ccc(Cl)cc21. The maximum atomic E-state index is 12.4. The lowest BCUT2D eigenvalue weighted by molar-refractivity contribution is 0.101. The van der Waals surface area contributed by atoms with Crippen LogP contribution in [0, 0.1) is 0 Å². The fraction of sp³-hybridized carbons (Fsp3) is 0. The van der Waals surface area contributed by atoms with Gasteiger partial charge in [-0.1, -0.05) is 23.2 Å². The van der Waals surface area contributed by atoms with E-state index in [0.717, 1.165) is 5.56 Å². The van der Waals surface area contributed by atoms with E-state index >= 15 is 0 Å². The first kappa shape index (κ1) is 15.1. The van der Waals surface area contributed by atoms with Crippen LogP contribution in [0.25, 0.3) is 17.4 Å². The smallest absolute Gasteiger partial charge is 0.232 e. The third-order valence-corrected chi connectivity index (χ3v) is 4.15. The van der Waals surface area contributed by atoms with Crippen molar-refractivity contribution in [3.63, 3.8) is 0 Å². The Kier molecular flexibility index (Phi) is 3.68. The second-order valence-corrected chi connectivity index (χ2v) is 6.16. The van der Waals surface area contributed by atoms with Crippen molar-refractivity contribution >= 4 is 35.1 Å². The highest BCUT2D eigenvalue weighted by Crippen LogP contribution is 2.34. The molecule has 0 bridgehead atoms. The molecule has 0 amide bonds. The third-order valence-electron chi connectivity index (χ3n) is 3.66. The maximum absolute atomic E-state index is 12.4. The van der Waals surface area contributed by atoms with Crippen molar-refractivity contribution < 1.29 is 13.9 Å². The molecular formula is C19H10Cl2O3. The molecule has 0 spiro atoms. The number of carbonyl (C=O) groups excluding carboxylic acids is 1. The van der Waals surface area contributed by atoms with Gasteiger partial charge in [-0.05, 0) is 54.6 Å². The van der Waals surface area contributed by atoms with Crippen molar-refractivity contribution in [1.29, 1.82) is 0 Å². The lowest BCUT2D eigenvalue weighted by atomic mass is 10.1. The van der Waals surface area contributed by atoms with E-state index in [4.69, 9.17) is 32.4 Å². The molecule has 1 aliphatic rings.